The second-order valence-corrected chi connectivity index (χ2v) is 16.6. The Balaban J connectivity index is 1.84. The number of nitrogens with zero attached hydrogens (tertiary/aromatic N) is 1. The van der Waals surface area contributed by atoms with Crippen molar-refractivity contribution < 1.29 is 48.6 Å². The smallest absolute Gasteiger partial charge is 0.326 e. The van der Waals surface area contributed by atoms with Crippen molar-refractivity contribution in [2.75, 3.05) is 13.1 Å². The molecule has 0 aromatic heterocycles. The number of nitrogens with one attached hydrogen (secondary N) is 5. The number of rotatable bonds is 23. The quantitative estimate of drug-likeness (QED) is 0.0863. The summed E-state index contributed by atoms with van der Waals surface area (Å²) < 4.78 is 0. The van der Waals surface area contributed by atoms with Gasteiger partial charge in [0.1, 0.15) is 30.2 Å². The minimum atomic E-state index is -1.76. The summed E-state index contributed by atoms with van der Waals surface area (Å²) in [4.78, 5) is 108. The number of carboxylic acid groups (broad SMARTS) is 2. The van der Waals surface area contributed by atoms with Crippen LogP contribution in [0.3, 0.4) is 0 Å². The number of benzene rings is 2. The Labute approximate surface area is 352 Å². The Morgan fingerprint density at radius 3 is 1.40 bits per heavy atom. The van der Waals surface area contributed by atoms with E-state index in [1.165, 1.54) is 4.90 Å². The van der Waals surface area contributed by atoms with Gasteiger partial charge < -0.3 is 41.7 Å². The number of carboxylic acids is 2. The Bertz CT molecular complexity index is 1740. The minimum absolute atomic E-state index is 0.0312. The molecule has 7 N–H and O–H groups in total. The summed E-state index contributed by atoms with van der Waals surface area (Å²) in [7, 11) is 0. The molecule has 6 amide bonds. The van der Waals surface area contributed by atoms with E-state index < -0.39 is 102 Å². The van der Waals surface area contributed by atoms with Crippen LogP contribution < -0.4 is 26.6 Å². The highest BCUT2D eigenvalue weighted by Gasteiger charge is 2.37. The van der Waals surface area contributed by atoms with Gasteiger partial charge in [-0.05, 0) is 61.0 Å². The molecule has 1 heterocycles. The SMILES string of the molecule is CC(C)C[C@H](NC(=O)[C@H](CC(=O)O)NC(=O)[C@H](CC(=O)N1CCCC1)NC(=O)[C@@H](NC(=O)[C@@H](NC(=O)C(Cc1ccccc1)Cc1ccccc1)C(C)C)C(C)C)C(=O)O. The van der Waals surface area contributed by atoms with Crippen molar-refractivity contribution in [1.29, 1.82) is 0 Å². The van der Waals surface area contributed by atoms with Gasteiger partial charge in [-0.3, -0.25) is 33.6 Å². The summed E-state index contributed by atoms with van der Waals surface area (Å²) in [6.45, 7) is 11.2. The number of hydrogen-bond acceptors (Lipinski definition) is 8. The molecule has 16 nitrogen and oxygen atoms in total. The maximum Gasteiger partial charge on any atom is 0.326 e. The van der Waals surface area contributed by atoms with Gasteiger partial charge in [-0.15, -0.1) is 0 Å². The summed E-state index contributed by atoms with van der Waals surface area (Å²) >= 11 is 0. The van der Waals surface area contributed by atoms with Crippen LogP contribution >= 0.6 is 0 Å². The second kappa shape index (κ2) is 23.7. The first-order valence-electron chi connectivity index (χ1n) is 20.7. The molecular weight excluding hydrogens is 773 g/mol. The fourth-order valence-electron chi connectivity index (χ4n) is 7.00. The molecule has 1 fully saturated rings. The number of amides is 6. The molecule has 0 radical (unpaired) electrons. The summed E-state index contributed by atoms with van der Waals surface area (Å²) in [5.41, 5.74) is 1.89. The van der Waals surface area contributed by atoms with Gasteiger partial charge in [-0.25, -0.2) is 4.79 Å². The highest BCUT2D eigenvalue weighted by Crippen LogP contribution is 2.18. The predicted octanol–water partition coefficient (Wildman–Crippen LogP) is 2.44. The lowest BCUT2D eigenvalue weighted by Crippen LogP contribution is -2.61. The molecule has 0 bridgehead atoms. The van der Waals surface area contributed by atoms with Crippen LogP contribution in [0.5, 0.6) is 0 Å². The zero-order valence-corrected chi connectivity index (χ0v) is 35.4. The summed E-state index contributed by atoms with van der Waals surface area (Å²) in [6, 6.07) is 12.0. The monoisotopic (exact) mass is 834 g/mol. The van der Waals surface area contributed by atoms with Crippen molar-refractivity contribution >= 4 is 47.4 Å². The predicted molar refractivity (Wildman–Crippen MR) is 223 cm³/mol. The molecule has 2 aromatic rings. The lowest BCUT2D eigenvalue weighted by atomic mass is 9.90. The number of aliphatic carboxylic acids is 2. The van der Waals surface area contributed by atoms with E-state index in [4.69, 9.17) is 0 Å². The zero-order valence-electron chi connectivity index (χ0n) is 35.4. The van der Waals surface area contributed by atoms with E-state index >= 15 is 0 Å². The summed E-state index contributed by atoms with van der Waals surface area (Å²) in [5, 5.41) is 32.0. The van der Waals surface area contributed by atoms with Gasteiger partial charge in [0.25, 0.3) is 0 Å². The first kappa shape index (κ1) is 48.6. The number of carbonyl (C=O) groups excluding carboxylic acids is 6. The zero-order chi connectivity index (χ0) is 44.5. The van der Waals surface area contributed by atoms with E-state index in [-0.39, 0.29) is 18.2 Å². The van der Waals surface area contributed by atoms with Crippen molar-refractivity contribution in [3.05, 3.63) is 71.8 Å². The summed E-state index contributed by atoms with van der Waals surface area (Å²) in [5.74, 6) is -8.89. The maximum atomic E-state index is 14.0. The molecule has 328 valence electrons. The number of carbonyl (C=O) groups is 8. The molecule has 5 atom stereocenters. The van der Waals surface area contributed by atoms with Crippen LogP contribution in [0.2, 0.25) is 0 Å². The van der Waals surface area contributed by atoms with Crippen molar-refractivity contribution in [3.63, 3.8) is 0 Å². The largest absolute Gasteiger partial charge is 0.481 e. The van der Waals surface area contributed by atoms with Crippen LogP contribution in [0.15, 0.2) is 60.7 Å². The van der Waals surface area contributed by atoms with Crippen LogP contribution in [0.4, 0.5) is 0 Å². The van der Waals surface area contributed by atoms with Gasteiger partial charge in [0, 0.05) is 19.0 Å². The number of likely N-dealkylation sites (tertiary alicyclic amines) is 1. The Hall–Kier alpha value is -5.80. The summed E-state index contributed by atoms with van der Waals surface area (Å²) in [6.07, 6.45) is 0.879. The van der Waals surface area contributed by atoms with Gasteiger partial charge >= 0.3 is 11.9 Å². The maximum absolute atomic E-state index is 14.0. The first-order valence-corrected chi connectivity index (χ1v) is 20.7. The normalized spacial score (nSPS) is 15.1. The molecular formula is C44H62N6O10. The van der Waals surface area contributed by atoms with Crippen molar-refractivity contribution in [2.24, 2.45) is 23.7 Å². The molecule has 0 aliphatic carbocycles. The molecule has 60 heavy (non-hydrogen) atoms. The van der Waals surface area contributed by atoms with Crippen molar-refractivity contribution in [3.8, 4) is 0 Å². The Kier molecular flexibility index (Phi) is 19.2. The average molecular weight is 835 g/mol. The van der Waals surface area contributed by atoms with E-state index in [0.717, 1.165) is 24.0 Å². The molecule has 1 saturated heterocycles. The third-order valence-electron chi connectivity index (χ3n) is 10.3. The molecule has 1 aliphatic heterocycles. The van der Waals surface area contributed by atoms with E-state index in [2.05, 4.69) is 26.6 Å². The van der Waals surface area contributed by atoms with Crippen LogP contribution in [-0.4, -0.2) is 106 Å². The molecule has 2 aromatic carbocycles. The third-order valence-corrected chi connectivity index (χ3v) is 10.3. The molecule has 0 unspecified atom stereocenters. The molecule has 0 saturated carbocycles. The van der Waals surface area contributed by atoms with Crippen LogP contribution in [0.25, 0.3) is 0 Å². The first-order chi connectivity index (χ1) is 28.4. The average Bonchev–Trinajstić information content (AvgIpc) is 3.73. The molecule has 1 aliphatic rings. The lowest BCUT2D eigenvalue weighted by molar-refractivity contribution is -0.144. The van der Waals surface area contributed by atoms with Gasteiger partial charge in [-0.2, -0.15) is 0 Å². The minimum Gasteiger partial charge on any atom is -0.481 e. The van der Waals surface area contributed by atoms with Gasteiger partial charge in [0.2, 0.25) is 35.4 Å². The lowest BCUT2D eigenvalue weighted by Gasteiger charge is -2.30. The standard InChI is InChI=1S/C44H62N6O10/c1-26(2)21-34(44(59)60)47-41(56)33(25-36(52)53)45-40(55)32(24-35(51)50-19-13-14-20-50)46-42(57)37(27(3)4)49-43(58)38(28(5)6)48-39(54)31(22-29-15-9-7-10-16-29)23-30-17-11-8-12-18-30/h7-12,15-18,26-28,31-34,37-38H,13-14,19-25H2,1-6H3,(H,45,55)(H,46,57)(H,47,56)(H,48,54)(H,49,58)(H,52,53)(H,59,60)/t32-,33-,34-,37-,38-/m0/s1. The highest BCUT2D eigenvalue weighted by atomic mass is 16.4. The van der Waals surface area contributed by atoms with Gasteiger partial charge in [0.15, 0.2) is 0 Å². The fraction of sp³-hybridized carbons (Fsp3) is 0.545. The highest BCUT2D eigenvalue weighted by molar-refractivity contribution is 5.98. The van der Waals surface area contributed by atoms with Crippen LogP contribution in [0, 0.1) is 23.7 Å². The van der Waals surface area contributed by atoms with Crippen molar-refractivity contribution in [2.45, 2.75) is 117 Å². The van der Waals surface area contributed by atoms with Crippen molar-refractivity contribution in [1.82, 2.24) is 31.5 Å². The van der Waals surface area contributed by atoms with E-state index in [1.807, 2.05) is 60.7 Å². The fourth-order valence-corrected chi connectivity index (χ4v) is 7.00. The van der Waals surface area contributed by atoms with E-state index in [9.17, 15) is 48.6 Å². The van der Waals surface area contributed by atoms with E-state index in [0.29, 0.717) is 25.9 Å². The number of hydrogen-bond donors (Lipinski definition) is 7. The van der Waals surface area contributed by atoms with Crippen LogP contribution in [-0.2, 0) is 51.2 Å². The van der Waals surface area contributed by atoms with Gasteiger partial charge in [-0.1, -0.05) is 102 Å². The topological polar surface area (TPSA) is 240 Å². The van der Waals surface area contributed by atoms with Gasteiger partial charge in [0.05, 0.1) is 12.8 Å². The third kappa shape index (κ3) is 15.8. The van der Waals surface area contributed by atoms with E-state index in [1.54, 1.807) is 41.5 Å². The Morgan fingerprint density at radius 2 is 0.967 bits per heavy atom. The molecule has 0 spiro atoms. The second-order valence-electron chi connectivity index (χ2n) is 16.6. The van der Waals surface area contributed by atoms with Crippen LogP contribution in [0.1, 0.15) is 84.8 Å². The molecule has 3 rings (SSSR count). The Morgan fingerprint density at radius 1 is 0.550 bits per heavy atom. The molecule has 16 heteroatoms.